The van der Waals surface area contributed by atoms with Gasteiger partial charge in [0.15, 0.2) is 0 Å². The first-order chi connectivity index (χ1) is 9.61. The first-order valence-electron chi connectivity index (χ1n) is 7.57. The van der Waals surface area contributed by atoms with E-state index in [0.717, 1.165) is 12.2 Å². The van der Waals surface area contributed by atoms with Crippen molar-refractivity contribution in [2.24, 2.45) is 0 Å². The molecule has 112 valence electrons. The molecule has 1 aromatic carbocycles. The molecule has 0 aromatic heterocycles. The van der Waals surface area contributed by atoms with Gasteiger partial charge in [0.25, 0.3) is 0 Å². The van der Waals surface area contributed by atoms with E-state index in [9.17, 15) is 4.79 Å². The van der Waals surface area contributed by atoms with E-state index in [-0.39, 0.29) is 12.1 Å². The molecule has 1 aromatic rings. The third-order valence-corrected chi connectivity index (χ3v) is 3.14. The minimum absolute atomic E-state index is 0.219. The van der Waals surface area contributed by atoms with Gasteiger partial charge < -0.3 is 9.47 Å². The first kappa shape index (κ1) is 16.5. The molecular weight excluding hydrogens is 252 g/mol. The lowest BCUT2D eigenvalue weighted by molar-refractivity contribution is -0.131. The molecule has 0 fully saturated rings. The Morgan fingerprint density at radius 3 is 2.25 bits per heavy atom. The maximum absolute atomic E-state index is 10.8. The number of esters is 1. The van der Waals surface area contributed by atoms with Gasteiger partial charge in [0, 0.05) is 6.92 Å². The quantitative estimate of drug-likeness (QED) is 0.372. The fourth-order valence-corrected chi connectivity index (χ4v) is 2.08. The highest BCUT2D eigenvalue weighted by atomic mass is 16.5. The molecule has 0 N–H and O–H groups in total. The van der Waals surface area contributed by atoms with Gasteiger partial charge in [-0.1, -0.05) is 32.6 Å². The first-order valence-corrected chi connectivity index (χ1v) is 7.57. The van der Waals surface area contributed by atoms with Gasteiger partial charge >= 0.3 is 5.97 Å². The van der Waals surface area contributed by atoms with E-state index in [1.165, 1.54) is 39.0 Å². The van der Waals surface area contributed by atoms with E-state index >= 15 is 0 Å². The van der Waals surface area contributed by atoms with Crippen LogP contribution in [-0.2, 0) is 4.79 Å². The van der Waals surface area contributed by atoms with Crippen LogP contribution >= 0.6 is 0 Å². The normalized spacial score (nSPS) is 11.9. The second-order valence-electron chi connectivity index (χ2n) is 5.20. The van der Waals surface area contributed by atoms with Crippen molar-refractivity contribution in [2.75, 3.05) is 0 Å². The summed E-state index contributed by atoms with van der Waals surface area (Å²) in [5.74, 6) is 1.07. The van der Waals surface area contributed by atoms with Crippen molar-refractivity contribution < 1.29 is 14.3 Å². The van der Waals surface area contributed by atoms with Gasteiger partial charge in [-0.25, -0.2) is 0 Å². The number of hydrogen-bond donors (Lipinski definition) is 0. The maximum atomic E-state index is 10.8. The number of carbonyl (C=O) groups excluding carboxylic acids is 1. The molecule has 1 unspecified atom stereocenters. The van der Waals surface area contributed by atoms with Crippen LogP contribution in [0, 0.1) is 0 Å². The largest absolute Gasteiger partial charge is 0.491 e. The minimum Gasteiger partial charge on any atom is -0.491 e. The lowest BCUT2D eigenvalue weighted by atomic mass is 10.1. The van der Waals surface area contributed by atoms with E-state index in [2.05, 4.69) is 13.8 Å². The predicted octanol–water partition coefficient (Wildman–Crippen LogP) is 4.74. The van der Waals surface area contributed by atoms with Crippen LogP contribution < -0.4 is 9.47 Å². The lowest BCUT2D eigenvalue weighted by Crippen LogP contribution is -2.11. The monoisotopic (exact) mass is 278 g/mol. The Kier molecular flexibility index (Phi) is 7.78. The fourth-order valence-electron chi connectivity index (χ4n) is 2.08. The highest BCUT2D eigenvalue weighted by Gasteiger charge is 2.05. The second kappa shape index (κ2) is 9.40. The lowest BCUT2D eigenvalue weighted by Gasteiger charge is -2.14. The number of benzene rings is 1. The molecule has 0 saturated heterocycles. The van der Waals surface area contributed by atoms with E-state index < -0.39 is 0 Å². The Hall–Kier alpha value is -1.51. The Morgan fingerprint density at radius 1 is 1.05 bits per heavy atom. The van der Waals surface area contributed by atoms with E-state index in [1.807, 2.05) is 12.1 Å². The summed E-state index contributed by atoms with van der Waals surface area (Å²) in [5.41, 5.74) is 0. The summed E-state index contributed by atoms with van der Waals surface area (Å²) >= 11 is 0. The number of rotatable bonds is 9. The summed E-state index contributed by atoms with van der Waals surface area (Å²) in [7, 11) is 0. The van der Waals surface area contributed by atoms with Crippen LogP contribution in [0.4, 0.5) is 0 Å². The molecule has 0 aliphatic carbocycles. The van der Waals surface area contributed by atoms with Crippen LogP contribution in [0.5, 0.6) is 11.5 Å². The fraction of sp³-hybridized carbons (Fsp3) is 0.588. The van der Waals surface area contributed by atoms with Crippen molar-refractivity contribution in [3.8, 4) is 11.5 Å². The van der Waals surface area contributed by atoms with Crippen molar-refractivity contribution in [1.82, 2.24) is 0 Å². The SMILES string of the molecule is CCCCCCCC(C)Oc1ccc(OC(C)=O)cc1. The third kappa shape index (κ3) is 7.17. The van der Waals surface area contributed by atoms with Crippen LogP contribution in [0.1, 0.15) is 59.3 Å². The van der Waals surface area contributed by atoms with Crippen molar-refractivity contribution in [3.63, 3.8) is 0 Å². The second-order valence-corrected chi connectivity index (χ2v) is 5.20. The van der Waals surface area contributed by atoms with Crippen molar-refractivity contribution >= 4 is 5.97 Å². The molecule has 0 saturated carbocycles. The highest BCUT2D eigenvalue weighted by Crippen LogP contribution is 2.20. The van der Waals surface area contributed by atoms with Gasteiger partial charge in [-0.15, -0.1) is 0 Å². The Balaban J connectivity index is 2.27. The zero-order valence-electron chi connectivity index (χ0n) is 12.9. The van der Waals surface area contributed by atoms with Crippen LogP contribution in [0.2, 0.25) is 0 Å². The smallest absolute Gasteiger partial charge is 0.308 e. The molecule has 0 heterocycles. The van der Waals surface area contributed by atoms with Crippen LogP contribution in [0.25, 0.3) is 0 Å². The van der Waals surface area contributed by atoms with Gasteiger partial charge in [-0.3, -0.25) is 4.79 Å². The predicted molar refractivity (Wildman–Crippen MR) is 81.2 cm³/mol. The zero-order chi connectivity index (χ0) is 14.8. The maximum Gasteiger partial charge on any atom is 0.308 e. The molecule has 3 nitrogen and oxygen atoms in total. The summed E-state index contributed by atoms with van der Waals surface area (Å²) in [6.07, 6.45) is 7.72. The Bertz CT molecular complexity index is 384. The molecule has 0 aliphatic heterocycles. The number of hydrogen-bond acceptors (Lipinski definition) is 3. The van der Waals surface area contributed by atoms with Gasteiger partial charge in [0.05, 0.1) is 6.10 Å². The third-order valence-electron chi connectivity index (χ3n) is 3.14. The highest BCUT2D eigenvalue weighted by molar-refractivity contribution is 5.69. The number of ether oxygens (including phenoxy) is 2. The van der Waals surface area contributed by atoms with Gasteiger partial charge in [0.1, 0.15) is 11.5 Å². The summed E-state index contributed by atoms with van der Waals surface area (Å²) in [6.45, 7) is 5.72. The van der Waals surface area contributed by atoms with Crippen LogP contribution in [0.3, 0.4) is 0 Å². The molecule has 0 amide bonds. The summed E-state index contributed by atoms with van der Waals surface area (Å²) in [5, 5.41) is 0. The zero-order valence-corrected chi connectivity index (χ0v) is 12.9. The molecule has 1 rings (SSSR count). The van der Waals surface area contributed by atoms with Crippen molar-refractivity contribution in [1.29, 1.82) is 0 Å². The van der Waals surface area contributed by atoms with E-state index in [0.29, 0.717) is 5.75 Å². The van der Waals surface area contributed by atoms with E-state index in [4.69, 9.17) is 9.47 Å². The molecule has 0 radical (unpaired) electrons. The topological polar surface area (TPSA) is 35.5 Å². The molecule has 20 heavy (non-hydrogen) atoms. The van der Waals surface area contributed by atoms with Crippen molar-refractivity contribution in [3.05, 3.63) is 24.3 Å². The minimum atomic E-state index is -0.306. The molecule has 0 bridgehead atoms. The van der Waals surface area contributed by atoms with Gasteiger partial charge in [0.2, 0.25) is 0 Å². The average Bonchev–Trinajstić information content (AvgIpc) is 2.40. The molecule has 1 atom stereocenters. The molecule has 0 spiro atoms. The van der Waals surface area contributed by atoms with Crippen LogP contribution in [0.15, 0.2) is 24.3 Å². The molecule has 3 heteroatoms. The standard InChI is InChI=1S/C17H26O3/c1-4-5-6-7-8-9-14(2)19-16-10-12-17(13-11-16)20-15(3)18/h10-14H,4-9H2,1-3H3. The summed E-state index contributed by atoms with van der Waals surface area (Å²) in [4.78, 5) is 10.8. The van der Waals surface area contributed by atoms with Gasteiger partial charge in [-0.05, 0) is 44.0 Å². The average molecular weight is 278 g/mol. The Labute approximate surface area is 122 Å². The van der Waals surface area contributed by atoms with Gasteiger partial charge in [-0.2, -0.15) is 0 Å². The van der Waals surface area contributed by atoms with Crippen LogP contribution in [-0.4, -0.2) is 12.1 Å². The number of carbonyl (C=O) groups is 1. The number of unbranched alkanes of at least 4 members (excludes halogenated alkanes) is 4. The Morgan fingerprint density at radius 2 is 1.65 bits per heavy atom. The van der Waals surface area contributed by atoms with Crippen molar-refractivity contribution in [2.45, 2.75) is 65.4 Å². The molecular formula is C17H26O3. The van der Waals surface area contributed by atoms with E-state index in [1.54, 1.807) is 12.1 Å². The summed E-state index contributed by atoms with van der Waals surface area (Å²) < 4.78 is 10.8. The summed E-state index contributed by atoms with van der Waals surface area (Å²) in [6, 6.07) is 7.19. The molecule has 0 aliphatic rings.